The molecule has 0 spiro atoms. The van der Waals surface area contributed by atoms with Gasteiger partial charge in [-0.2, -0.15) is 0 Å². The molecule has 0 aliphatic rings. The molecule has 1 unspecified atom stereocenters. The average molecular weight is 164 g/mol. The Balaban J connectivity index is 2.95. The number of rotatable bonds is 2. The zero-order chi connectivity index (χ0) is 9.14. The van der Waals surface area contributed by atoms with Crippen molar-refractivity contribution in [3.05, 3.63) is 29.6 Å². The van der Waals surface area contributed by atoms with Crippen molar-refractivity contribution in [3.8, 4) is 0 Å². The molecule has 0 aliphatic carbocycles. The molecule has 12 heavy (non-hydrogen) atoms. The van der Waals surface area contributed by atoms with Gasteiger partial charge in [-0.25, -0.2) is 0 Å². The van der Waals surface area contributed by atoms with Crippen molar-refractivity contribution in [1.82, 2.24) is 4.98 Å². The van der Waals surface area contributed by atoms with E-state index in [4.69, 9.17) is 5.73 Å². The number of pyridine rings is 1. The Morgan fingerprint density at radius 3 is 2.83 bits per heavy atom. The van der Waals surface area contributed by atoms with Crippen LogP contribution in [0.1, 0.15) is 24.2 Å². The van der Waals surface area contributed by atoms with Gasteiger partial charge in [0.1, 0.15) is 6.04 Å². The second kappa shape index (κ2) is 3.45. The summed E-state index contributed by atoms with van der Waals surface area (Å²) in [5.74, 6) is -0.0619. The first-order chi connectivity index (χ1) is 5.61. The highest BCUT2D eigenvalue weighted by Gasteiger charge is 2.11. The van der Waals surface area contributed by atoms with Gasteiger partial charge in [-0.3, -0.25) is 9.78 Å². The molecular formula is C9H12N2O. The lowest BCUT2D eigenvalue weighted by atomic mass is 10.1. The molecule has 0 saturated carbocycles. The number of carbonyl (C=O) groups is 1. The highest BCUT2D eigenvalue weighted by Crippen LogP contribution is 2.08. The lowest BCUT2D eigenvalue weighted by Crippen LogP contribution is -2.19. The van der Waals surface area contributed by atoms with Gasteiger partial charge in [-0.05, 0) is 31.5 Å². The molecule has 0 radical (unpaired) electrons. The number of Topliss-reactive ketones (excluding diaryl/α,β-unsaturated/α-hetero) is 1. The van der Waals surface area contributed by atoms with Gasteiger partial charge < -0.3 is 5.73 Å². The molecule has 0 saturated heterocycles. The molecule has 1 aromatic heterocycles. The average Bonchev–Trinajstić information content (AvgIpc) is 2.03. The van der Waals surface area contributed by atoms with E-state index in [2.05, 4.69) is 4.98 Å². The maximum atomic E-state index is 10.9. The van der Waals surface area contributed by atoms with E-state index in [1.165, 1.54) is 6.92 Å². The maximum absolute atomic E-state index is 10.9. The molecule has 1 atom stereocenters. The number of aryl methyl sites for hydroxylation is 1. The first-order valence-corrected chi connectivity index (χ1v) is 3.80. The van der Waals surface area contributed by atoms with Gasteiger partial charge in [-0.1, -0.05) is 0 Å². The quantitative estimate of drug-likeness (QED) is 0.708. The lowest BCUT2D eigenvalue weighted by molar-refractivity contribution is -0.118. The van der Waals surface area contributed by atoms with Gasteiger partial charge >= 0.3 is 0 Å². The predicted molar refractivity (Wildman–Crippen MR) is 46.6 cm³/mol. The van der Waals surface area contributed by atoms with E-state index in [0.29, 0.717) is 5.69 Å². The largest absolute Gasteiger partial charge is 0.317 e. The van der Waals surface area contributed by atoms with Gasteiger partial charge in [0.05, 0.1) is 5.69 Å². The summed E-state index contributed by atoms with van der Waals surface area (Å²) in [4.78, 5) is 14.9. The van der Waals surface area contributed by atoms with Crippen molar-refractivity contribution in [2.24, 2.45) is 5.73 Å². The van der Waals surface area contributed by atoms with Crippen LogP contribution in [0.5, 0.6) is 0 Å². The molecule has 0 amide bonds. The molecule has 3 heteroatoms. The number of hydrogen-bond acceptors (Lipinski definition) is 3. The Labute approximate surface area is 71.6 Å². The van der Waals surface area contributed by atoms with E-state index in [1.807, 2.05) is 19.1 Å². The topological polar surface area (TPSA) is 56.0 Å². The minimum absolute atomic E-state index is 0.0619. The van der Waals surface area contributed by atoms with Crippen LogP contribution in [-0.2, 0) is 4.79 Å². The standard InChI is InChI=1S/C9H12N2O/c1-6-3-4-11-8(5-6)9(10)7(2)12/h3-5,9H,10H2,1-2H3. The molecule has 1 aromatic rings. The van der Waals surface area contributed by atoms with E-state index in [9.17, 15) is 4.79 Å². The van der Waals surface area contributed by atoms with Gasteiger partial charge in [0.25, 0.3) is 0 Å². The van der Waals surface area contributed by atoms with Crippen LogP contribution in [0.15, 0.2) is 18.3 Å². The summed E-state index contributed by atoms with van der Waals surface area (Å²) in [5.41, 5.74) is 7.30. The molecule has 0 bridgehead atoms. The van der Waals surface area contributed by atoms with Crippen molar-refractivity contribution in [2.75, 3.05) is 0 Å². The van der Waals surface area contributed by atoms with Crippen LogP contribution in [0.3, 0.4) is 0 Å². The second-order valence-electron chi connectivity index (χ2n) is 2.85. The normalized spacial score (nSPS) is 12.6. The van der Waals surface area contributed by atoms with Crippen molar-refractivity contribution in [1.29, 1.82) is 0 Å². The van der Waals surface area contributed by atoms with E-state index in [-0.39, 0.29) is 5.78 Å². The van der Waals surface area contributed by atoms with Crippen LogP contribution in [0, 0.1) is 6.92 Å². The summed E-state index contributed by atoms with van der Waals surface area (Å²) in [7, 11) is 0. The smallest absolute Gasteiger partial charge is 0.152 e. The molecule has 2 N–H and O–H groups in total. The number of hydrogen-bond donors (Lipinski definition) is 1. The van der Waals surface area contributed by atoms with E-state index < -0.39 is 6.04 Å². The van der Waals surface area contributed by atoms with Crippen LogP contribution < -0.4 is 5.73 Å². The zero-order valence-electron chi connectivity index (χ0n) is 7.24. The molecule has 1 heterocycles. The third-order valence-electron chi connectivity index (χ3n) is 1.69. The fourth-order valence-electron chi connectivity index (χ4n) is 0.938. The van der Waals surface area contributed by atoms with Gasteiger partial charge in [0, 0.05) is 6.20 Å². The van der Waals surface area contributed by atoms with E-state index >= 15 is 0 Å². The molecule has 0 aromatic carbocycles. The fourth-order valence-corrected chi connectivity index (χ4v) is 0.938. The number of ketones is 1. The van der Waals surface area contributed by atoms with Gasteiger partial charge in [0.15, 0.2) is 5.78 Å². The summed E-state index contributed by atoms with van der Waals surface area (Å²) < 4.78 is 0. The number of nitrogens with two attached hydrogens (primary N) is 1. The molecular weight excluding hydrogens is 152 g/mol. The van der Waals surface area contributed by atoms with E-state index in [0.717, 1.165) is 5.56 Å². The molecule has 1 rings (SSSR count). The summed E-state index contributed by atoms with van der Waals surface area (Å²) >= 11 is 0. The first-order valence-electron chi connectivity index (χ1n) is 3.80. The highest BCUT2D eigenvalue weighted by molar-refractivity contribution is 5.82. The highest BCUT2D eigenvalue weighted by atomic mass is 16.1. The van der Waals surface area contributed by atoms with Crippen LogP contribution in [0.25, 0.3) is 0 Å². The predicted octanol–water partition coefficient (Wildman–Crippen LogP) is 0.979. The number of nitrogens with zero attached hydrogens (tertiary/aromatic N) is 1. The maximum Gasteiger partial charge on any atom is 0.152 e. The summed E-state index contributed by atoms with van der Waals surface area (Å²) in [5, 5.41) is 0. The number of aromatic nitrogens is 1. The van der Waals surface area contributed by atoms with Gasteiger partial charge in [-0.15, -0.1) is 0 Å². The number of carbonyl (C=O) groups excluding carboxylic acids is 1. The van der Waals surface area contributed by atoms with Crippen LogP contribution in [0.2, 0.25) is 0 Å². The third kappa shape index (κ3) is 1.89. The van der Waals surface area contributed by atoms with Crippen LogP contribution in [0.4, 0.5) is 0 Å². The first kappa shape index (κ1) is 8.87. The van der Waals surface area contributed by atoms with E-state index in [1.54, 1.807) is 6.20 Å². The second-order valence-corrected chi connectivity index (χ2v) is 2.85. The van der Waals surface area contributed by atoms with Crippen LogP contribution >= 0.6 is 0 Å². The van der Waals surface area contributed by atoms with Crippen LogP contribution in [-0.4, -0.2) is 10.8 Å². The summed E-state index contributed by atoms with van der Waals surface area (Å²) in [6, 6.07) is 3.12. The summed E-state index contributed by atoms with van der Waals surface area (Å²) in [6.45, 7) is 3.41. The van der Waals surface area contributed by atoms with Gasteiger partial charge in [0.2, 0.25) is 0 Å². The zero-order valence-corrected chi connectivity index (χ0v) is 7.24. The Morgan fingerprint density at radius 1 is 1.67 bits per heavy atom. The molecule has 3 nitrogen and oxygen atoms in total. The third-order valence-corrected chi connectivity index (χ3v) is 1.69. The Kier molecular flexibility index (Phi) is 2.55. The monoisotopic (exact) mass is 164 g/mol. The SMILES string of the molecule is CC(=O)C(N)c1cc(C)ccn1. The van der Waals surface area contributed by atoms with Crippen molar-refractivity contribution in [2.45, 2.75) is 19.9 Å². The minimum Gasteiger partial charge on any atom is -0.317 e. The Morgan fingerprint density at radius 2 is 2.33 bits per heavy atom. The fraction of sp³-hybridized carbons (Fsp3) is 0.333. The van der Waals surface area contributed by atoms with Crippen molar-refractivity contribution < 1.29 is 4.79 Å². The van der Waals surface area contributed by atoms with Crippen molar-refractivity contribution >= 4 is 5.78 Å². The minimum atomic E-state index is -0.579. The Bertz CT molecular complexity index is 296. The lowest BCUT2D eigenvalue weighted by Gasteiger charge is -2.06. The van der Waals surface area contributed by atoms with Crippen molar-refractivity contribution in [3.63, 3.8) is 0 Å². The molecule has 64 valence electrons. The summed E-state index contributed by atoms with van der Waals surface area (Å²) in [6.07, 6.45) is 1.66. The Hall–Kier alpha value is -1.22. The molecule has 0 fully saturated rings. The molecule has 0 aliphatic heterocycles.